The van der Waals surface area contributed by atoms with Gasteiger partial charge in [-0.1, -0.05) is 27.4 Å². The first kappa shape index (κ1) is 32.6. The van der Waals surface area contributed by atoms with Crippen molar-refractivity contribution in [1.29, 1.82) is 0 Å². The fourth-order valence-corrected chi connectivity index (χ4v) is 4.26. The smallest absolute Gasteiger partial charge is 0.233 e. The van der Waals surface area contributed by atoms with Gasteiger partial charge in [0.25, 0.3) is 0 Å². The second kappa shape index (κ2) is 15.9. The van der Waals surface area contributed by atoms with Crippen molar-refractivity contribution in [3.63, 3.8) is 0 Å². The quantitative estimate of drug-likeness (QED) is 0.162. The summed E-state index contributed by atoms with van der Waals surface area (Å²) in [4.78, 5) is 31.3. The van der Waals surface area contributed by atoms with Crippen LogP contribution in [-0.2, 0) is 14.3 Å². The third-order valence-corrected chi connectivity index (χ3v) is 6.46. The average molecular weight is 580 g/mol. The molecule has 1 saturated heterocycles. The molecule has 1 fully saturated rings. The van der Waals surface area contributed by atoms with E-state index in [9.17, 15) is 9.59 Å². The zero-order valence-corrected chi connectivity index (χ0v) is 25.5. The van der Waals surface area contributed by atoms with E-state index in [-0.39, 0.29) is 23.7 Å². The number of morpholine rings is 1. The number of anilines is 2. The lowest BCUT2D eigenvalue weighted by Crippen LogP contribution is -2.37. The second-order valence-corrected chi connectivity index (χ2v) is 11.3. The van der Waals surface area contributed by atoms with Gasteiger partial charge in [-0.2, -0.15) is 0 Å². The van der Waals surface area contributed by atoms with Gasteiger partial charge in [-0.3, -0.25) is 19.5 Å². The molecule has 0 aromatic heterocycles. The van der Waals surface area contributed by atoms with Crippen LogP contribution < -0.4 is 25.4 Å². The lowest BCUT2D eigenvalue weighted by atomic mass is 9.97. The number of hydrogen-bond acceptors (Lipinski definition) is 8. The third-order valence-electron chi connectivity index (χ3n) is 6.46. The number of hydrogen-bond donors (Lipinski definition) is 3. The van der Waals surface area contributed by atoms with Crippen LogP contribution in [0.3, 0.4) is 0 Å². The molecule has 2 aromatic rings. The van der Waals surface area contributed by atoms with E-state index in [4.69, 9.17) is 14.2 Å². The molecule has 0 radical (unpaired) electrons. The number of benzene rings is 2. The Morgan fingerprint density at radius 1 is 1.05 bits per heavy atom. The van der Waals surface area contributed by atoms with Gasteiger partial charge in [0.1, 0.15) is 6.42 Å². The molecule has 42 heavy (non-hydrogen) atoms. The van der Waals surface area contributed by atoms with Crippen molar-refractivity contribution in [3.05, 3.63) is 48.5 Å². The first-order chi connectivity index (χ1) is 20.1. The Labute approximate surface area is 249 Å². The van der Waals surface area contributed by atoms with Crippen LogP contribution in [-0.4, -0.2) is 76.0 Å². The lowest BCUT2D eigenvalue weighted by molar-refractivity contribution is -0.127. The van der Waals surface area contributed by atoms with Gasteiger partial charge in [-0.15, -0.1) is 0 Å². The summed E-state index contributed by atoms with van der Waals surface area (Å²) in [5.74, 6) is 0.551. The maximum atomic E-state index is 12.3. The fourth-order valence-electron chi connectivity index (χ4n) is 4.26. The van der Waals surface area contributed by atoms with Crippen molar-refractivity contribution < 1.29 is 23.8 Å². The molecule has 10 heteroatoms. The number of carbonyl (C=O) groups is 2. The second-order valence-electron chi connectivity index (χ2n) is 11.3. The van der Waals surface area contributed by atoms with Gasteiger partial charge in [0.05, 0.1) is 32.6 Å². The van der Waals surface area contributed by atoms with Crippen LogP contribution in [0, 0.1) is 5.41 Å². The molecule has 1 aliphatic rings. The monoisotopic (exact) mass is 579 g/mol. The molecule has 2 aromatic carbocycles. The minimum atomic E-state index is -0.371. The molecule has 0 spiro atoms. The topological polar surface area (TPSA) is 114 Å². The fraction of sp³-hybridized carbons (Fsp3) is 0.469. The molecule has 1 aliphatic heterocycles. The Bertz CT molecular complexity index is 1230. The van der Waals surface area contributed by atoms with Crippen molar-refractivity contribution in [3.8, 4) is 11.5 Å². The minimum Gasteiger partial charge on any atom is -0.493 e. The van der Waals surface area contributed by atoms with Crippen LogP contribution in [0.4, 0.5) is 17.1 Å². The number of rotatable bonds is 14. The molecule has 0 unspecified atom stereocenters. The predicted molar refractivity (Wildman–Crippen MR) is 169 cm³/mol. The zero-order valence-electron chi connectivity index (χ0n) is 25.5. The Morgan fingerprint density at radius 2 is 1.71 bits per heavy atom. The molecular weight excluding hydrogens is 534 g/mol. The van der Waals surface area contributed by atoms with Gasteiger partial charge in [-0.05, 0) is 49.1 Å². The summed E-state index contributed by atoms with van der Waals surface area (Å²) in [5.41, 5.74) is 3.41. The van der Waals surface area contributed by atoms with Gasteiger partial charge < -0.3 is 30.2 Å². The first-order valence-electron chi connectivity index (χ1n) is 14.3. The molecule has 0 saturated carbocycles. The summed E-state index contributed by atoms with van der Waals surface area (Å²) in [6.45, 7) is 17.6. The van der Waals surface area contributed by atoms with Crippen LogP contribution in [0.2, 0.25) is 0 Å². The summed E-state index contributed by atoms with van der Waals surface area (Å²) < 4.78 is 17.1. The SMILES string of the molecule is C=C(Nc1ccc(NC(=O)CC(=O)NCC(C)(C)C)cc1)c1cc(OCCCN2CCOCC2)c(OC)cc1N=CC. The highest BCUT2D eigenvalue weighted by molar-refractivity contribution is 6.03. The molecule has 2 amide bonds. The third kappa shape index (κ3) is 10.8. The summed E-state index contributed by atoms with van der Waals surface area (Å²) in [5, 5.41) is 8.87. The maximum absolute atomic E-state index is 12.3. The summed E-state index contributed by atoms with van der Waals surface area (Å²) >= 11 is 0. The van der Waals surface area contributed by atoms with Crippen LogP contribution in [0.1, 0.15) is 46.1 Å². The molecule has 1 heterocycles. The van der Waals surface area contributed by atoms with Gasteiger partial charge in [0, 0.05) is 61.1 Å². The molecular formula is C32H45N5O5. The van der Waals surface area contributed by atoms with Crippen LogP contribution in [0.25, 0.3) is 5.70 Å². The van der Waals surface area contributed by atoms with Gasteiger partial charge in [0.2, 0.25) is 11.8 Å². The van der Waals surface area contributed by atoms with Crippen molar-refractivity contribution in [2.75, 3.05) is 63.7 Å². The summed E-state index contributed by atoms with van der Waals surface area (Å²) in [7, 11) is 1.61. The number of nitrogens with zero attached hydrogens (tertiary/aromatic N) is 2. The molecule has 10 nitrogen and oxygen atoms in total. The molecule has 3 rings (SSSR count). The number of methoxy groups -OCH3 is 1. The largest absolute Gasteiger partial charge is 0.493 e. The van der Waals surface area contributed by atoms with Crippen molar-refractivity contribution in [2.24, 2.45) is 10.4 Å². The van der Waals surface area contributed by atoms with Crippen LogP contribution >= 0.6 is 0 Å². The van der Waals surface area contributed by atoms with Crippen molar-refractivity contribution >= 4 is 40.8 Å². The van der Waals surface area contributed by atoms with Crippen molar-refractivity contribution in [1.82, 2.24) is 10.2 Å². The van der Waals surface area contributed by atoms with E-state index in [1.54, 1.807) is 25.5 Å². The molecule has 228 valence electrons. The first-order valence-corrected chi connectivity index (χ1v) is 14.3. The maximum Gasteiger partial charge on any atom is 0.233 e. The highest BCUT2D eigenvalue weighted by Crippen LogP contribution is 2.38. The van der Waals surface area contributed by atoms with Gasteiger partial charge in [-0.25, -0.2) is 0 Å². The highest BCUT2D eigenvalue weighted by atomic mass is 16.5. The van der Waals surface area contributed by atoms with Crippen LogP contribution in [0.5, 0.6) is 11.5 Å². The molecule has 0 aliphatic carbocycles. The molecule has 0 bridgehead atoms. The normalized spacial score (nSPS) is 13.9. The average Bonchev–Trinajstić information content (AvgIpc) is 2.95. The summed E-state index contributed by atoms with van der Waals surface area (Å²) in [6, 6.07) is 10.9. The molecule has 3 N–H and O–H groups in total. The Kier molecular flexibility index (Phi) is 12.4. The Balaban J connectivity index is 1.61. The highest BCUT2D eigenvalue weighted by Gasteiger charge is 2.16. The number of ether oxygens (including phenoxy) is 3. The summed E-state index contributed by atoms with van der Waals surface area (Å²) in [6.07, 6.45) is 2.37. The predicted octanol–water partition coefficient (Wildman–Crippen LogP) is 5.09. The number of aliphatic imine (C=N–C) groups is 1. The van der Waals surface area contributed by atoms with E-state index in [1.807, 2.05) is 52.0 Å². The standard InChI is InChI=1S/C32H45N5O5/c1-7-33-27-20-28(40-6)29(42-16-8-13-37-14-17-41-18-15-37)19-26(27)23(2)35-24-9-11-25(12-10-24)36-31(39)21-30(38)34-22-32(3,4)5/h7,9-12,19-20,35H,2,8,13-18,21-22H2,1,3-6H3,(H,34,38)(H,36,39). The van der Waals surface area contributed by atoms with E-state index < -0.39 is 0 Å². The van der Waals surface area contributed by atoms with Crippen LogP contribution in [0.15, 0.2) is 48.0 Å². The minimum absolute atomic E-state index is 0.0494. The number of carbonyl (C=O) groups excluding carboxylic acids is 2. The molecule has 0 atom stereocenters. The van der Waals surface area contributed by atoms with Gasteiger partial charge >= 0.3 is 0 Å². The van der Waals surface area contributed by atoms with E-state index in [2.05, 4.69) is 32.4 Å². The Hall–Kier alpha value is -3.89. The lowest BCUT2D eigenvalue weighted by Gasteiger charge is -2.26. The van der Waals surface area contributed by atoms with Crippen molar-refractivity contribution in [2.45, 2.75) is 40.5 Å². The zero-order chi connectivity index (χ0) is 30.5. The Morgan fingerprint density at radius 3 is 2.33 bits per heavy atom. The van der Waals surface area contributed by atoms with E-state index >= 15 is 0 Å². The number of amides is 2. The van der Waals surface area contributed by atoms with E-state index in [0.717, 1.165) is 50.5 Å². The van der Waals surface area contributed by atoms with Gasteiger partial charge in [0.15, 0.2) is 11.5 Å². The van der Waals surface area contributed by atoms with E-state index in [0.29, 0.717) is 41.7 Å². The number of nitrogens with one attached hydrogen (secondary N) is 3. The van der Waals surface area contributed by atoms with E-state index in [1.165, 1.54) is 0 Å².